The van der Waals surface area contributed by atoms with Crippen molar-refractivity contribution in [1.29, 1.82) is 0 Å². The van der Waals surface area contributed by atoms with Gasteiger partial charge in [0.25, 0.3) is 5.91 Å². The Labute approximate surface area is 330 Å². The van der Waals surface area contributed by atoms with Crippen LogP contribution in [0.4, 0.5) is 4.79 Å². The van der Waals surface area contributed by atoms with Crippen LogP contribution >= 0.6 is 0 Å². The third kappa shape index (κ3) is 11.0. The smallest absolute Gasteiger partial charge is 0.320 e. The number of hydrogen-bond acceptors (Lipinski definition) is 9. The van der Waals surface area contributed by atoms with Crippen molar-refractivity contribution in [2.45, 2.75) is 123 Å². The van der Waals surface area contributed by atoms with Gasteiger partial charge in [0.1, 0.15) is 18.2 Å². The number of nitrogens with one attached hydrogen (secondary N) is 4. The summed E-state index contributed by atoms with van der Waals surface area (Å²) >= 11 is 0. The van der Waals surface area contributed by atoms with Crippen molar-refractivity contribution in [3.63, 3.8) is 0 Å². The molecule has 1 aromatic rings. The number of rotatable bonds is 17. The molecule has 14 nitrogen and oxygen atoms in total. The molecule has 3 fully saturated rings. The van der Waals surface area contributed by atoms with Crippen molar-refractivity contribution >= 4 is 41.3 Å². The number of hydrogen-bond donors (Lipinski definition) is 4. The Morgan fingerprint density at radius 2 is 1.66 bits per heavy atom. The molecule has 1 unspecified atom stereocenters. The molecule has 0 spiro atoms. The highest BCUT2D eigenvalue weighted by Gasteiger charge is 2.47. The van der Waals surface area contributed by atoms with Gasteiger partial charge in [-0.1, -0.05) is 84.2 Å². The van der Waals surface area contributed by atoms with Crippen LogP contribution in [-0.2, 0) is 46.5 Å². The molecule has 56 heavy (non-hydrogen) atoms. The molecular formula is C42H60N6O8. The van der Waals surface area contributed by atoms with Crippen LogP contribution in [0.15, 0.2) is 36.9 Å². The van der Waals surface area contributed by atoms with Gasteiger partial charge in [-0.15, -0.1) is 6.58 Å². The first-order valence-corrected chi connectivity index (χ1v) is 20.2. The first kappa shape index (κ1) is 42.6. The van der Waals surface area contributed by atoms with Crippen LogP contribution in [-0.4, -0.2) is 108 Å². The van der Waals surface area contributed by atoms with E-state index >= 15 is 0 Å². The fourth-order valence-electron chi connectivity index (χ4n) is 7.76. The highest BCUT2D eigenvalue weighted by Crippen LogP contribution is 2.33. The molecule has 5 amide bonds. The molecular weight excluding hydrogens is 716 g/mol. The quantitative estimate of drug-likeness (QED) is 0.105. The van der Waals surface area contributed by atoms with Gasteiger partial charge in [-0.05, 0) is 54.1 Å². The average Bonchev–Trinajstić information content (AvgIpc) is 3.90. The molecule has 2 saturated carbocycles. The molecule has 2 heterocycles. The number of carbonyl (C=O) groups is 7. The lowest BCUT2D eigenvalue weighted by molar-refractivity contribution is -0.151. The maximum absolute atomic E-state index is 14.6. The predicted octanol–water partition coefficient (Wildman–Crippen LogP) is 2.82. The third-order valence-electron chi connectivity index (χ3n) is 11.4. The molecule has 14 heteroatoms. The van der Waals surface area contributed by atoms with Crippen molar-refractivity contribution in [3.8, 4) is 0 Å². The second kappa shape index (κ2) is 18.6. The number of urea groups is 1. The monoisotopic (exact) mass is 776 g/mol. The highest BCUT2D eigenvalue weighted by molar-refractivity contribution is 6.38. The van der Waals surface area contributed by atoms with Gasteiger partial charge in [0.15, 0.2) is 5.78 Å². The lowest BCUT2D eigenvalue weighted by Gasteiger charge is -2.36. The topological polar surface area (TPSA) is 183 Å². The van der Waals surface area contributed by atoms with Gasteiger partial charge in [-0.3, -0.25) is 33.7 Å². The third-order valence-corrected chi connectivity index (χ3v) is 11.4. The number of ether oxygens (including phenoxy) is 1. The van der Waals surface area contributed by atoms with Crippen molar-refractivity contribution in [3.05, 3.63) is 48.0 Å². The van der Waals surface area contributed by atoms with Crippen molar-refractivity contribution in [1.82, 2.24) is 31.1 Å². The van der Waals surface area contributed by atoms with Gasteiger partial charge >= 0.3 is 12.0 Å². The summed E-state index contributed by atoms with van der Waals surface area (Å²) in [6, 6.07) is 3.21. The van der Waals surface area contributed by atoms with E-state index in [-0.39, 0.29) is 56.0 Å². The second-order valence-corrected chi connectivity index (χ2v) is 17.4. The zero-order valence-corrected chi connectivity index (χ0v) is 33.6. The van der Waals surface area contributed by atoms with Gasteiger partial charge < -0.3 is 30.9 Å². The van der Waals surface area contributed by atoms with Gasteiger partial charge in [-0.25, -0.2) is 4.79 Å². The standard InChI is InChI=1S/C42H60N6O8/c1-7-18-43-39(53)36(51)31(20-26-11-10-12-26)44-38(52)32-21-30(56-33(49)24-47-19-17-27-13-8-9-14-29(27)22-47)23-48(32)40(54)37(42(4,5)6)46-41(55)45-34(25(2)3)35(50)28-15-16-28/h7-9,13-14,25-26,28,30-32,34,37H,1,10-12,15-24H2,2-6H3,(H,43,53)(H,44,52)(H2,45,46,55)/t30-,31?,32+,34+,37-/m1/s1. The van der Waals surface area contributed by atoms with E-state index in [1.165, 1.54) is 16.5 Å². The predicted molar refractivity (Wildman–Crippen MR) is 209 cm³/mol. The number of nitrogens with zero attached hydrogens (tertiary/aromatic N) is 2. The summed E-state index contributed by atoms with van der Waals surface area (Å²) in [5.41, 5.74) is 1.54. The fourth-order valence-corrected chi connectivity index (χ4v) is 7.76. The van der Waals surface area contributed by atoms with Crippen LogP contribution in [0.25, 0.3) is 0 Å². The Kier molecular flexibility index (Phi) is 14.1. The number of carbonyl (C=O) groups excluding carboxylic acids is 7. The molecule has 1 aromatic carbocycles. The number of Topliss-reactive ketones (excluding diaryl/α,β-unsaturated/α-hetero) is 2. The van der Waals surface area contributed by atoms with E-state index in [1.807, 2.05) is 36.9 Å². The largest absolute Gasteiger partial charge is 0.459 e. The second-order valence-electron chi connectivity index (χ2n) is 17.4. The molecule has 0 radical (unpaired) electrons. The Morgan fingerprint density at radius 3 is 2.27 bits per heavy atom. The Hall–Kier alpha value is -4.59. The fraction of sp³-hybridized carbons (Fsp3) is 0.643. The van der Waals surface area contributed by atoms with Crippen LogP contribution in [0.5, 0.6) is 0 Å². The molecule has 2 aliphatic carbocycles. The van der Waals surface area contributed by atoms with E-state index in [4.69, 9.17) is 4.74 Å². The lowest BCUT2D eigenvalue weighted by Crippen LogP contribution is -2.61. The molecule has 4 aliphatic rings. The van der Waals surface area contributed by atoms with Crippen molar-refractivity contribution in [2.75, 3.05) is 26.2 Å². The average molecular weight is 777 g/mol. The summed E-state index contributed by atoms with van der Waals surface area (Å²) in [7, 11) is 0. The number of esters is 1. The van der Waals surface area contributed by atoms with Gasteiger partial charge in [-0.2, -0.15) is 0 Å². The van der Waals surface area contributed by atoms with Crippen LogP contribution < -0.4 is 21.3 Å². The minimum atomic E-state index is -1.18. The Balaban J connectivity index is 1.34. The minimum Gasteiger partial charge on any atom is -0.459 e. The minimum absolute atomic E-state index is 0.0242. The lowest BCUT2D eigenvalue weighted by atomic mass is 9.80. The zero-order valence-electron chi connectivity index (χ0n) is 33.6. The van der Waals surface area contributed by atoms with Crippen LogP contribution in [0, 0.1) is 23.2 Å². The normalized spacial score (nSPS) is 21.4. The number of fused-ring (bicyclic) bond motifs is 1. The summed E-state index contributed by atoms with van der Waals surface area (Å²) in [6.45, 7) is 13.8. The SMILES string of the molecule is C=CCNC(=O)C(=O)C(CC1CCC1)NC(=O)[C@@H]1C[C@@H](OC(=O)CN2CCc3ccccc3C2)CN1C(=O)[C@@H](NC(=O)N[C@H](C(=O)C1CC1)C(C)C)C(C)(C)C. The number of amides is 5. The van der Waals surface area contributed by atoms with Crippen molar-refractivity contribution < 1.29 is 38.3 Å². The van der Waals surface area contributed by atoms with E-state index in [9.17, 15) is 33.6 Å². The summed E-state index contributed by atoms with van der Waals surface area (Å²) < 4.78 is 5.94. The summed E-state index contributed by atoms with van der Waals surface area (Å²) in [4.78, 5) is 98.1. The van der Waals surface area contributed by atoms with E-state index in [0.29, 0.717) is 13.1 Å². The summed E-state index contributed by atoms with van der Waals surface area (Å²) in [5, 5.41) is 10.9. The number of likely N-dealkylation sites (tertiary alicyclic amines) is 1. The van der Waals surface area contributed by atoms with Gasteiger partial charge in [0.05, 0.1) is 25.2 Å². The summed E-state index contributed by atoms with van der Waals surface area (Å²) in [5.74, 6) is -3.51. The van der Waals surface area contributed by atoms with Gasteiger partial charge in [0.2, 0.25) is 17.6 Å². The molecule has 5 atom stereocenters. The maximum Gasteiger partial charge on any atom is 0.320 e. The first-order chi connectivity index (χ1) is 26.5. The van der Waals surface area contributed by atoms with Crippen molar-refractivity contribution in [2.24, 2.45) is 23.2 Å². The Bertz CT molecular complexity index is 1660. The molecule has 0 aromatic heterocycles. The Morgan fingerprint density at radius 1 is 0.964 bits per heavy atom. The molecule has 1 saturated heterocycles. The molecule has 0 bridgehead atoms. The van der Waals surface area contributed by atoms with Crippen LogP contribution in [0.2, 0.25) is 0 Å². The zero-order chi connectivity index (χ0) is 40.7. The van der Waals surface area contributed by atoms with E-state index in [2.05, 4.69) is 33.9 Å². The van der Waals surface area contributed by atoms with E-state index in [0.717, 1.165) is 44.1 Å². The molecule has 2 aliphatic heterocycles. The molecule has 306 valence electrons. The summed E-state index contributed by atoms with van der Waals surface area (Å²) in [6.07, 6.45) is 5.92. The van der Waals surface area contributed by atoms with Crippen LogP contribution in [0.1, 0.15) is 90.7 Å². The number of ketones is 2. The number of benzene rings is 1. The first-order valence-electron chi connectivity index (χ1n) is 20.2. The molecule has 5 rings (SSSR count). The van der Waals surface area contributed by atoms with E-state index in [1.54, 1.807) is 20.8 Å². The maximum atomic E-state index is 14.6. The highest BCUT2D eigenvalue weighted by atomic mass is 16.5. The van der Waals surface area contributed by atoms with Gasteiger partial charge in [0, 0.05) is 32.0 Å². The van der Waals surface area contributed by atoms with E-state index < -0.39 is 71.2 Å². The van der Waals surface area contributed by atoms with Crippen LogP contribution in [0.3, 0.4) is 0 Å². The molecule has 4 N–H and O–H groups in total.